The van der Waals surface area contributed by atoms with Crippen LogP contribution >= 0.6 is 11.6 Å². The van der Waals surface area contributed by atoms with E-state index in [1.54, 1.807) is 14.2 Å². The number of rotatable bonds is 5. The van der Waals surface area contributed by atoms with Crippen LogP contribution in [0, 0.1) is 5.92 Å². The third-order valence-corrected chi connectivity index (χ3v) is 5.21. The molecule has 1 aliphatic heterocycles. The Labute approximate surface area is 142 Å². The molecule has 1 aromatic carbocycles. The van der Waals surface area contributed by atoms with Crippen LogP contribution in [0.15, 0.2) is 41.1 Å². The molecule has 1 saturated heterocycles. The number of ketones is 1. The molecule has 1 fully saturated rings. The number of carbonyl (C=O) groups is 1. The number of Topliss-reactive ketones (excluding diaryl/α,β-unsaturated/α-hetero) is 1. The van der Waals surface area contributed by atoms with Crippen molar-refractivity contribution in [3.05, 3.63) is 46.6 Å². The summed E-state index contributed by atoms with van der Waals surface area (Å²) in [4.78, 5) is 15.0. The SMILES string of the molecule is COC1(OC)C(N2CCCC2)=C(Cl)C(=O)C1Cc1ccccc1. The fourth-order valence-electron chi connectivity index (χ4n) is 3.70. The predicted octanol–water partition coefficient (Wildman–Crippen LogP) is 2.96. The molecule has 0 aromatic heterocycles. The van der Waals surface area contributed by atoms with Gasteiger partial charge in [0.05, 0.1) is 11.6 Å². The van der Waals surface area contributed by atoms with Crippen LogP contribution in [0.5, 0.6) is 0 Å². The highest BCUT2D eigenvalue weighted by molar-refractivity contribution is 6.44. The lowest BCUT2D eigenvalue weighted by molar-refractivity contribution is -0.213. The van der Waals surface area contributed by atoms with Crippen LogP contribution < -0.4 is 0 Å². The lowest BCUT2D eigenvalue weighted by Gasteiger charge is -2.38. The summed E-state index contributed by atoms with van der Waals surface area (Å²) in [6, 6.07) is 9.90. The first-order chi connectivity index (χ1) is 11.1. The quantitative estimate of drug-likeness (QED) is 0.775. The highest BCUT2D eigenvalue weighted by atomic mass is 35.5. The maximum atomic E-state index is 12.8. The summed E-state index contributed by atoms with van der Waals surface area (Å²) in [6.45, 7) is 1.76. The van der Waals surface area contributed by atoms with Crippen molar-refractivity contribution in [3.8, 4) is 0 Å². The van der Waals surface area contributed by atoms with E-state index in [0.717, 1.165) is 31.5 Å². The Kier molecular flexibility index (Phi) is 4.76. The van der Waals surface area contributed by atoms with E-state index < -0.39 is 11.7 Å². The van der Waals surface area contributed by atoms with E-state index in [4.69, 9.17) is 21.1 Å². The third kappa shape index (κ3) is 2.69. The first-order valence-corrected chi connectivity index (χ1v) is 8.35. The lowest BCUT2D eigenvalue weighted by atomic mass is 9.91. The number of nitrogens with zero attached hydrogens (tertiary/aromatic N) is 1. The Morgan fingerprint density at radius 2 is 1.78 bits per heavy atom. The molecule has 0 saturated carbocycles. The van der Waals surface area contributed by atoms with Gasteiger partial charge in [-0.25, -0.2) is 0 Å². The molecule has 4 nitrogen and oxygen atoms in total. The second-order valence-electron chi connectivity index (χ2n) is 6.04. The molecule has 0 amide bonds. The molecule has 0 radical (unpaired) electrons. The number of likely N-dealkylation sites (tertiary alicyclic amines) is 1. The van der Waals surface area contributed by atoms with Crippen molar-refractivity contribution in [2.75, 3.05) is 27.3 Å². The van der Waals surface area contributed by atoms with Gasteiger partial charge in [0.1, 0.15) is 5.03 Å². The molecule has 1 heterocycles. The molecular formula is C18H22ClNO3. The van der Waals surface area contributed by atoms with Crippen LogP contribution in [-0.4, -0.2) is 43.8 Å². The van der Waals surface area contributed by atoms with Crippen molar-refractivity contribution in [1.82, 2.24) is 4.90 Å². The predicted molar refractivity (Wildman–Crippen MR) is 89.1 cm³/mol. The van der Waals surface area contributed by atoms with Crippen LogP contribution in [0.25, 0.3) is 0 Å². The summed E-state index contributed by atoms with van der Waals surface area (Å²) in [5.74, 6) is -1.67. The number of benzene rings is 1. The van der Waals surface area contributed by atoms with Gasteiger partial charge >= 0.3 is 0 Å². The molecule has 23 heavy (non-hydrogen) atoms. The second kappa shape index (κ2) is 6.63. The standard InChI is InChI=1S/C18H22ClNO3/c1-22-18(23-2)14(12-13-8-4-3-5-9-13)16(21)15(19)17(18)20-10-6-7-11-20/h3-5,8-9,14H,6-7,10-12H2,1-2H3. The number of methoxy groups -OCH3 is 2. The highest BCUT2D eigenvalue weighted by Gasteiger charge is 2.57. The number of allylic oxidation sites excluding steroid dienone is 1. The summed E-state index contributed by atoms with van der Waals surface area (Å²) >= 11 is 6.44. The van der Waals surface area contributed by atoms with Gasteiger partial charge in [-0.15, -0.1) is 0 Å². The van der Waals surface area contributed by atoms with E-state index in [0.29, 0.717) is 12.1 Å². The molecule has 2 aliphatic rings. The molecule has 1 unspecified atom stereocenters. The zero-order valence-corrected chi connectivity index (χ0v) is 14.3. The van der Waals surface area contributed by atoms with E-state index >= 15 is 0 Å². The van der Waals surface area contributed by atoms with Gasteiger partial charge in [-0.1, -0.05) is 41.9 Å². The molecule has 3 rings (SSSR count). The minimum absolute atomic E-state index is 0.0962. The molecule has 124 valence electrons. The molecule has 1 atom stereocenters. The van der Waals surface area contributed by atoms with Gasteiger partial charge in [0.2, 0.25) is 5.79 Å². The largest absolute Gasteiger partial charge is 0.369 e. The van der Waals surface area contributed by atoms with Crippen LogP contribution in [-0.2, 0) is 20.7 Å². The first kappa shape index (κ1) is 16.5. The topological polar surface area (TPSA) is 38.8 Å². The molecular weight excluding hydrogens is 314 g/mol. The van der Waals surface area contributed by atoms with Gasteiger partial charge in [0.25, 0.3) is 0 Å². The fourth-order valence-corrected chi connectivity index (χ4v) is 4.08. The highest BCUT2D eigenvalue weighted by Crippen LogP contribution is 2.46. The number of hydrogen-bond donors (Lipinski definition) is 0. The summed E-state index contributed by atoms with van der Waals surface area (Å²) in [5.41, 5.74) is 1.77. The lowest BCUT2D eigenvalue weighted by Crippen LogP contribution is -2.48. The van der Waals surface area contributed by atoms with Crippen molar-refractivity contribution in [3.63, 3.8) is 0 Å². The van der Waals surface area contributed by atoms with Crippen molar-refractivity contribution in [2.45, 2.75) is 25.0 Å². The molecule has 1 aromatic rings. The monoisotopic (exact) mass is 335 g/mol. The van der Waals surface area contributed by atoms with E-state index in [1.165, 1.54) is 0 Å². The first-order valence-electron chi connectivity index (χ1n) is 7.97. The normalized spacial score (nSPS) is 23.9. The Hall–Kier alpha value is -1.36. The molecule has 0 spiro atoms. The van der Waals surface area contributed by atoms with Crippen molar-refractivity contribution < 1.29 is 14.3 Å². The van der Waals surface area contributed by atoms with Crippen LogP contribution in [0.3, 0.4) is 0 Å². The van der Waals surface area contributed by atoms with Crippen LogP contribution in [0.1, 0.15) is 18.4 Å². The zero-order valence-electron chi connectivity index (χ0n) is 13.5. The average Bonchev–Trinajstić information content (AvgIpc) is 3.17. The summed E-state index contributed by atoms with van der Waals surface area (Å²) in [6.07, 6.45) is 2.72. The Morgan fingerprint density at radius 3 is 2.35 bits per heavy atom. The maximum Gasteiger partial charge on any atom is 0.221 e. The number of carbonyl (C=O) groups excluding carboxylic acids is 1. The van der Waals surface area contributed by atoms with Gasteiger partial charge in [-0.3, -0.25) is 4.79 Å². The maximum absolute atomic E-state index is 12.8. The van der Waals surface area contributed by atoms with Crippen LogP contribution in [0.4, 0.5) is 0 Å². The zero-order chi connectivity index (χ0) is 16.4. The van der Waals surface area contributed by atoms with E-state index in [-0.39, 0.29) is 10.8 Å². The minimum Gasteiger partial charge on any atom is -0.369 e. The van der Waals surface area contributed by atoms with Crippen molar-refractivity contribution >= 4 is 17.4 Å². The minimum atomic E-state index is -1.10. The van der Waals surface area contributed by atoms with E-state index in [1.807, 2.05) is 30.3 Å². The smallest absolute Gasteiger partial charge is 0.221 e. The van der Waals surface area contributed by atoms with E-state index in [9.17, 15) is 4.79 Å². The Morgan fingerprint density at radius 1 is 1.17 bits per heavy atom. The molecule has 5 heteroatoms. The second-order valence-corrected chi connectivity index (χ2v) is 6.42. The van der Waals surface area contributed by atoms with Gasteiger partial charge in [0.15, 0.2) is 5.78 Å². The fraction of sp³-hybridized carbons (Fsp3) is 0.500. The average molecular weight is 336 g/mol. The number of halogens is 1. The number of ether oxygens (including phenoxy) is 2. The van der Waals surface area contributed by atoms with E-state index in [2.05, 4.69) is 4.90 Å². The Bertz CT molecular complexity index is 604. The summed E-state index contributed by atoms with van der Waals surface area (Å²) < 4.78 is 11.5. The summed E-state index contributed by atoms with van der Waals surface area (Å²) in [7, 11) is 3.17. The Balaban J connectivity index is 1.98. The number of hydrogen-bond acceptors (Lipinski definition) is 4. The van der Waals surface area contributed by atoms with Gasteiger partial charge < -0.3 is 14.4 Å². The third-order valence-electron chi connectivity index (χ3n) is 4.84. The van der Waals surface area contributed by atoms with Crippen LogP contribution in [0.2, 0.25) is 0 Å². The van der Waals surface area contributed by atoms with Gasteiger partial charge in [0, 0.05) is 27.3 Å². The molecule has 0 N–H and O–H groups in total. The van der Waals surface area contributed by atoms with Gasteiger partial charge in [-0.2, -0.15) is 0 Å². The summed E-state index contributed by atoms with van der Waals surface area (Å²) in [5, 5.41) is 0.261. The van der Waals surface area contributed by atoms with Crippen molar-refractivity contribution in [1.29, 1.82) is 0 Å². The molecule has 0 bridgehead atoms. The van der Waals surface area contributed by atoms with Crippen molar-refractivity contribution in [2.24, 2.45) is 5.92 Å². The van der Waals surface area contributed by atoms with Gasteiger partial charge in [-0.05, 0) is 24.8 Å². The molecule has 1 aliphatic carbocycles.